The van der Waals surface area contributed by atoms with E-state index in [4.69, 9.17) is 0 Å². The van der Waals surface area contributed by atoms with Crippen molar-refractivity contribution in [3.63, 3.8) is 0 Å². The van der Waals surface area contributed by atoms with Crippen LogP contribution in [0, 0.1) is 0 Å². The molecular weight excluding hydrogens is 232 g/mol. The zero-order valence-corrected chi connectivity index (χ0v) is 12.9. The van der Waals surface area contributed by atoms with E-state index in [0.29, 0.717) is 5.92 Å². The third-order valence-corrected chi connectivity index (χ3v) is 3.88. The topological polar surface area (TPSA) is 15.3 Å². The van der Waals surface area contributed by atoms with Gasteiger partial charge in [0.1, 0.15) is 0 Å². The molecule has 19 heavy (non-hydrogen) atoms. The number of likely N-dealkylation sites (tertiary alicyclic amines) is 1. The molecule has 1 aromatic carbocycles. The molecule has 1 fully saturated rings. The molecule has 0 saturated carbocycles. The summed E-state index contributed by atoms with van der Waals surface area (Å²) in [5, 5.41) is 3.67. The second-order valence-corrected chi connectivity index (χ2v) is 6.77. The first-order valence-corrected chi connectivity index (χ1v) is 7.57. The van der Waals surface area contributed by atoms with Crippen LogP contribution in [0.1, 0.15) is 52.0 Å². The van der Waals surface area contributed by atoms with E-state index in [0.717, 1.165) is 6.54 Å². The third-order valence-electron chi connectivity index (χ3n) is 3.88. The first-order valence-electron chi connectivity index (χ1n) is 7.57. The Kier molecular flexibility index (Phi) is 4.51. The van der Waals surface area contributed by atoms with Crippen LogP contribution >= 0.6 is 0 Å². The highest BCUT2D eigenvalue weighted by molar-refractivity contribution is 5.47. The predicted octanol–water partition coefficient (Wildman–Crippen LogP) is 4.10. The van der Waals surface area contributed by atoms with E-state index in [-0.39, 0.29) is 5.54 Å². The summed E-state index contributed by atoms with van der Waals surface area (Å²) in [4.78, 5) is 2.56. The summed E-state index contributed by atoms with van der Waals surface area (Å²) in [6, 6.07) is 8.89. The van der Waals surface area contributed by atoms with Crippen LogP contribution < -0.4 is 5.32 Å². The maximum absolute atomic E-state index is 3.67. The van der Waals surface area contributed by atoms with Gasteiger partial charge in [0.05, 0.1) is 0 Å². The fraction of sp³-hybridized carbons (Fsp3) is 0.647. The molecule has 0 aromatic heterocycles. The molecule has 0 unspecified atom stereocenters. The number of rotatable bonds is 5. The minimum atomic E-state index is 0.129. The van der Waals surface area contributed by atoms with Crippen LogP contribution in [-0.4, -0.2) is 30.1 Å². The van der Waals surface area contributed by atoms with E-state index < -0.39 is 0 Å². The Bertz CT molecular complexity index is 386. The predicted molar refractivity (Wildman–Crippen MR) is 83.9 cm³/mol. The fourth-order valence-electron chi connectivity index (χ4n) is 2.88. The van der Waals surface area contributed by atoms with Crippen LogP contribution in [0.5, 0.6) is 0 Å². The van der Waals surface area contributed by atoms with Crippen molar-refractivity contribution >= 4 is 5.69 Å². The Balaban J connectivity index is 1.94. The number of hydrogen-bond acceptors (Lipinski definition) is 2. The van der Waals surface area contributed by atoms with Gasteiger partial charge in [-0.25, -0.2) is 0 Å². The van der Waals surface area contributed by atoms with E-state index in [9.17, 15) is 0 Å². The smallest absolute Gasteiger partial charge is 0.0444 e. The number of anilines is 1. The van der Waals surface area contributed by atoms with Gasteiger partial charge in [0.25, 0.3) is 0 Å². The molecule has 2 heteroatoms. The molecule has 1 aliphatic heterocycles. The first-order chi connectivity index (χ1) is 8.96. The molecule has 1 N–H and O–H groups in total. The van der Waals surface area contributed by atoms with Crippen LogP contribution in [0.3, 0.4) is 0 Å². The third kappa shape index (κ3) is 4.24. The lowest BCUT2D eigenvalue weighted by atomic mass is 10.0. The van der Waals surface area contributed by atoms with Crippen LogP contribution in [-0.2, 0) is 0 Å². The van der Waals surface area contributed by atoms with E-state index in [1.165, 1.54) is 37.2 Å². The summed E-state index contributed by atoms with van der Waals surface area (Å²) in [7, 11) is 0. The molecule has 0 spiro atoms. The van der Waals surface area contributed by atoms with Gasteiger partial charge in [0.2, 0.25) is 0 Å². The Labute approximate surface area is 118 Å². The molecule has 0 atom stereocenters. The largest absolute Gasteiger partial charge is 0.379 e. The SMILES string of the molecule is CC(C)c1ccc(NC(C)(C)CN2CCCC2)cc1. The zero-order chi connectivity index (χ0) is 13.9. The summed E-state index contributed by atoms with van der Waals surface area (Å²) >= 11 is 0. The van der Waals surface area contributed by atoms with E-state index in [1.54, 1.807) is 0 Å². The van der Waals surface area contributed by atoms with Crippen molar-refractivity contribution in [1.82, 2.24) is 4.90 Å². The molecule has 1 aromatic rings. The molecule has 0 radical (unpaired) electrons. The number of nitrogens with one attached hydrogen (secondary N) is 1. The highest BCUT2D eigenvalue weighted by atomic mass is 15.2. The maximum atomic E-state index is 3.67. The highest BCUT2D eigenvalue weighted by Gasteiger charge is 2.23. The van der Waals surface area contributed by atoms with Gasteiger partial charge in [-0.15, -0.1) is 0 Å². The number of nitrogens with zero attached hydrogens (tertiary/aromatic N) is 1. The van der Waals surface area contributed by atoms with Crippen LogP contribution in [0.2, 0.25) is 0 Å². The van der Waals surface area contributed by atoms with Gasteiger partial charge in [-0.05, 0) is 63.4 Å². The number of hydrogen-bond donors (Lipinski definition) is 1. The van der Waals surface area contributed by atoms with Crippen molar-refractivity contribution < 1.29 is 0 Å². The summed E-state index contributed by atoms with van der Waals surface area (Å²) < 4.78 is 0. The lowest BCUT2D eigenvalue weighted by Crippen LogP contribution is -2.43. The van der Waals surface area contributed by atoms with Gasteiger partial charge in [-0.3, -0.25) is 0 Å². The van der Waals surface area contributed by atoms with Crippen LogP contribution in [0.15, 0.2) is 24.3 Å². The molecule has 106 valence electrons. The minimum absolute atomic E-state index is 0.129. The highest BCUT2D eigenvalue weighted by Crippen LogP contribution is 2.21. The van der Waals surface area contributed by atoms with Crippen LogP contribution in [0.4, 0.5) is 5.69 Å². The molecule has 2 rings (SSSR count). The molecular formula is C17H28N2. The van der Waals surface area contributed by atoms with Crippen molar-refractivity contribution in [3.8, 4) is 0 Å². The van der Waals surface area contributed by atoms with Crippen molar-refractivity contribution in [3.05, 3.63) is 29.8 Å². The van der Waals surface area contributed by atoms with Gasteiger partial charge >= 0.3 is 0 Å². The lowest BCUT2D eigenvalue weighted by Gasteiger charge is -2.32. The molecule has 0 aliphatic carbocycles. The average molecular weight is 260 g/mol. The molecule has 0 amide bonds. The lowest BCUT2D eigenvalue weighted by molar-refractivity contribution is 0.284. The second-order valence-electron chi connectivity index (χ2n) is 6.77. The van der Waals surface area contributed by atoms with Crippen LogP contribution in [0.25, 0.3) is 0 Å². The molecule has 1 aliphatic rings. The van der Waals surface area contributed by atoms with Crippen molar-refractivity contribution in [2.45, 2.75) is 52.0 Å². The van der Waals surface area contributed by atoms with Crippen molar-refractivity contribution in [2.24, 2.45) is 0 Å². The summed E-state index contributed by atoms with van der Waals surface area (Å²) in [6.45, 7) is 12.7. The van der Waals surface area contributed by atoms with E-state index >= 15 is 0 Å². The van der Waals surface area contributed by atoms with Gasteiger partial charge < -0.3 is 10.2 Å². The molecule has 2 nitrogen and oxygen atoms in total. The summed E-state index contributed by atoms with van der Waals surface area (Å²) in [5.41, 5.74) is 2.76. The fourth-order valence-corrected chi connectivity index (χ4v) is 2.88. The average Bonchev–Trinajstić information content (AvgIpc) is 2.81. The van der Waals surface area contributed by atoms with Gasteiger partial charge in [-0.1, -0.05) is 26.0 Å². The van der Waals surface area contributed by atoms with E-state index in [1.807, 2.05) is 0 Å². The van der Waals surface area contributed by atoms with Gasteiger partial charge in [0, 0.05) is 17.8 Å². The standard InChI is InChI=1S/C17H28N2/c1-14(2)15-7-9-16(10-8-15)18-17(3,4)13-19-11-5-6-12-19/h7-10,14,18H,5-6,11-13H2,1-4H3. The first kappa shape index (κ1) is 14.4. The quantitative estimate of drug-likeness (QED) is 0.857. The summed E-state index contributed by atoms with van der Waals surface area (Å²) in [6.07, 6.45) is 2.72. The van der Waals surface area contributed by atoms with E-state index in [2.05, 4.69) is 62.2 Å². The monoisotopic (exact) mass is 260 g/mol. The van der Waals surface area contributed by atoms with Gasteiger partial charge in [0.15, 0.2) is 0 Å². The summed E-state index contributed by atoms with van der Waals surface area (Å²) in [5.74, 6) is 0.603. The molecule has 1 saturated heterocycles. The molecule has 1 heterocycles. The minimum Gasteiger partial charge on any atom is -0.379 e. The Hall–Kier alpha value is -1.02. The van der Waals surface area contributed by atoms with Crippen molar-refractivity contribution in [1.29, 1.82) is 0 Å². The number of benzene rings is 1. The Morgan fingerprint density at radius 1 is 1.11 bits per heavy atom. The molecule has 0 bridgehead atoms. The maximum Gasteiger partial charge on any atom is 0.0444 e. The van der Waals surface area contributed by atoms with Gasteiger partial charge in [-0.2, -0.15) is 0 Å². The Morgan fingerprint density at radius 2 is 1.68 bits per heavy atom. The normalized spacial score (nSPS) is 17.1. The second kappa shape index (κ2) is 5.96. The van der Waals surface area contributed by atoms with Crippen molar-refractivity contribution in [2.75, 3.05) is 25.0 Å². The Morgan fingerprint density at radius 3 is 2.21 bits per heavy atom. The zero-order valence-electron chi connectivity index (χ0n) is 12.9.